The Hall–Kier alpha value is -2.22. The molecule has 0 N–H and O–H groups in total. The Labute approximate surface area is 158 Å². The molecule has 3 heterocycles. The van der Waals surface area contributed by atoms with Gasteiger partial charge in [-0.1, -0.05) is 24.4 Å². The molecule has 0 atom stereocenters. The summed E-state index contributed by atoms with van der Waals surface area (Å²) in [5.74, 6) is 0.510. The second-order valence-corrected chi connectivity index (χ2v) is 7.72. The normalized spacial score (nSPS) is 19.7. The number of hydrogen-bond donors (Lipinski definition) is 0. The number of piperazine rings is 1. The van der Waals surface area contributed by atoms with Crippen LogP contribution >= 0.6 is 0 Å². The Morgan fingerprint density at radius 2 is 1.81 bits per heavy atom. The van der Waals surface area contributed by atoms with Crippen molar-refractivity contribution in [2.45, 2.75) is 58.5 Å². The van der Waals surface area contributed by atoms with Crippen LogP contribution in [0.15, 0.2) is 9.32 Å². The predicted molar refractivity (Wildman–Crippen MR) is 101 cm³/mol. The zero-order chi connectivity index (χ0) is 19.0. The van der Waals surface area contributed by atoms with Gasteiger partial charge in [0.05, 0.1) is 11.1 Å². The fourth-order valence-corrected chi connectivity index (χ4v) is 4.46. The molecule has 2 aromatic heterocycles. The molecule has 2 aliphatic rings. The first-order valence-electron chi connectivity index (χ1n) is 9.90. The van der Waals surface area contributed by atoms with Crippen LogP contribution in [0.3, 0.4) is 0 Å². The molecule has 8 heteroatoms. The van der Waals surface area contributed by atoms with E-state index >= 15 is 0 Å². The summed E-state index contributed by atoms with van der Waals surface area (Å²) in [6.07, 6.45) is 6.56. The number of fused-ring (bicyclic) bond motifs is 1. The molecule has 4 rings (SSSR count). The first kappa shape index (κ1) is 18.2. The van der Waals surface area contributed by atoms with Gasteiger partial charge in [-0.15, -0.1) is 0 Å². The summed E-state index contributed by atoms with van der Waals surface area (Å²) in [6, 6.07) is 0.681. The summed E-state index contributed by atoms with van der Waals surface area (Å²) in [5.41, 5.74) is 0.523. The quantitative estimate of drug-likeness (QED) is 0.810. The highest BCUT2D eigenvalue weighted by Crippen LogP contribution is 2.23. The van der Waals surface area contributed by atoms with Crippen LogP contribution in [0.2, 0.25) is 0 Å². The predicted octanol–water partition coefficient (Wildman–Crippen LogP) is 1.48. The van der Waals surface area contributed by atoms with Crippen molar-refractivity contribution in [3.8, 4) is 0 Å². The van der Waals surface area contributed by atoms with Gasteiger partial charge in [0, 0.05) is 32.2 Å². The second kappa shape index (κ2) is 7.42. The zero-order valence-corrected chi connectivity index (χ0v) is 16.1. The van der Waals surface area contributed by atoms with Gasteiger partial charge in [0.15, 0.2) is 5.52 Å². The minimum absolute atomic E-state index is 0.0506. The molecule has 0 radical (unpaired) electrons. The first-order valence-corrected chi connectivity index (χ1v) is 9.90. The van der Waals surface area contributed by atoms with Gasteiger partial charge in [-0.3, -0.25) is 14.5 Å². The molecular weight excluding hydrogens is 346 g/mol. The molecule has 1 aliphatic carbocycles. The third-order valence-electron chi connectivity index (χ3n) is 5.98. The maximum Gasteiger partial charge on any atom is 0.297 e. The number of aryl methyl sites for hydroxylation is 2. The number of carbonyl (C=O) groups excluding carboxylic acids is 1. The summed E-state index contributed by atoms with van der Waals surface area (Å²) in [6.45, 7) is 6.77. The van der Waals surface area contributed by atoms with Crippen molar-refractivity contribution >= 4 is 16.8 Å². The second-order valence-electron chi connectivity index (χ2n) is 7.72. The van der Waals surface area contributed by atoms with Crippen LogP contribution in [0.25, 0.3) is 10.9 Å². The van der Waals surface area contributed by atoms with Gasteiger partial charge < -0.3 is 9.42 Å². The van der Waals surface area contributed by atoms with E-state index in [1.54, 1.807) is 13.8 Å². The van der Waals surface area contributed by atoms with Gasteiger partial charge in [0.2, 0.25) is 5.91 Å². The van der Waals surface area contributed by atoms with E-state index in [2.05, 4.69) is 15.2 Å². The zero-order valence-electron chi connectivity index (χ0n) is 16.1. The van der Waals surface area contributed by atoms with Crippen LogP contribution < -0.4 is 5.56 Å². The molecular formula is C19H27N5O3. The van der Waals surface area contributed by atoms with Crippen molar-refractivity contribution < 1.29 is 9.32 Å². The first-order chi connectivity index (χ1) is 13.0. The summed E-state index contributed by atoms with van der Waals surface area (Å²) in [4.78, 5) is 29.7. The number of hydrogen-bond acceptors (Lipinski definition) is 6. The van der Waals surface area contributed by atoms with Crippen LogP contribution in [0.5, 0.6) is 0 Å². The lowest BCUT2D eigenvalue weighted by atomic mass is 9.94. The van der Waals surface area contributed by atoms with Gasteiger partial charge in [0.1, 0.15) is 12.3 Å². The lowest BCUT2D eigenvalue weighted by molar-refractivity contribution is -0.134. The molecule has 27 heavy (non-hydrogen) atoms. The molecule has 0 unspecified atom stereocenters. The van der Waals surface area contributed by atoms with E-state index < -0.39 is 0 Å². The van der Waals surface area contributed by atoms with Crippen molar-refractivity contribution in [2.24, 2.45) is 0 Å². The molecule has 1 saturated carbocycles. The van der Waals surface area contributed by atoms with Gasteiger partial charge in [-0.2, -0.15) is 5.10 Å². The highest BCUT2D eigenvalue weighted by atomic mass is 16.5. The van der Waals surface area contributed by atoms with Gasteiger partial charge in [-0.25, -0.2) is 4.68 Å². The van der Waals surface area contributed by atoms with E-state index in [1.165, 1.54) is 36.8 Å². The van der Waals surface area contributed by atoms with E-state index in [4.69, 9.17) is 4.52 Å². The van der Waals surface area contributed by atoms with Crippen molar-refractivity contribution in [1.29, 1.82) is 0 Å². The molecule has 2 fully saturated rings. The number of aromatic nitrogens is 3. The Morgan fingerprint density at radius 1 is 1.11 bits per heavy atom. The van der Waals surface area contributed by atoms with Gasteiger partial charge in [0.25, 0.3) is 5.56 Å². The lowest BCUT2D eigenvalue weighted by Gasteiger charge is -2.40. The summed E-state index contributed by atoms with van der Waals surface area (Å²) >= 11 is 0. The van der Waals surface area contributed by atoms with Crippen LogP contribution in [0.1, 0.15) is 43.6 Å². The maximum absolute atomic E-state index is 12.7. The molecule has 8 nitrogen and oxygen atoms in total. The Morgan fingerprint density at radius 3 is 2.52 bits per heavy atom. The Kier molecular flexibility index (Phi) is 4.99. The molecule has 146 valence electrons. The standard InChI is InChI=1S/C19H27N5O3/c1-13-17-14(2)27-21-18(17)19(26)24(20-13)12-16(25)23-10-8-22(9-11-23)15-6-4-3-5-7-15/h15H,3-12H2,1-2H3. The fourth-order valence-electron chi connectivity index (χ4n) is 4.46. The summed E-state index contributed by atoms with van der Waals surface area (Å²) < 4.78 is 6.34. The fraction of sp³-hybridized carbons (Fsp3) is 0.684. The maximum atomic E-state index is 12.7. The van der Waals surface area contributed by atoms with Gasteiger partial charge in [-0.05, 0) is 26.7 Å². The average molecular weight is 373 g/mol. The van der Waals surface area contributed by atoms with Crippen LogP contribution in [0, 0.1) is 13.8 Å². The highest BCUT2D eigenvalue weighted by molar-refractivity contribution is 5.82. The van der Waals surface area contributed by atoms with Crippen LogP contribution in [-0.4, -0.2) is 62.9 Å². The van der Waals surface area contributed by atoms with E-state index in [0.717, 1.165) is 13.1 Å². The third-order valence-corrected chi connectivity index (χ3v) is 5.98. The highest BCUT2D eigenvalue weighted by Gasteiger charge is 2.27. The third kappa shape index (κ3) is 3.50. The Balaban J connectivity index is 1.42. The SMILES string of the molecule is Cc1nn(CC(=O)N2CCN(C3CCCCC3)CC2)c(=O)c2noc(C)c12. The molecule has 1 aliphatic heterocycles. The van der Waals surface area contributed by atoms with Crippen molar-refractivity contribution in [2.75, 3.05) is 26.2 Å². The lowest BCUT2D eigenvalue weighted by Crippen LogP contribution is -2.53. The molecule has 0 aromatic carbocycles. The van der Waals surface area contributed by atoms with E-state index in [9.17, 15) is 9.59 Å². The number of amides is 1. The smallest absolute Gasteiger partial charge is 0.297 e. The van der Waals surface area contributed by atoms with E-state index in [1.807, 2.05) is 4.90 Å². The largest absolute Gasteiger partial charge is 0.360 e. The number of rotatable bonds is 3. The Bertz CT molecular complexity index is 889. The number of nitrogens with zero attached hydrogens (tertiary/aromatic N) is 5. The summed E-state index contributed by atoms with van der Waals surface area (Å²) in [5, 5.41) is 8.79. The van der Waals surface area contributed by atoms with Crippen LogP contribution in [0.4, 0.5) is 0 Å². The number of carbonyl (C=O) groups is 1. The molecule has 2 aromatic rings. The molecule has 0 spiro atoms. The van der Waals surface area contributed by atoms with E-state index in [0.29, 0.717) is 36.0 Å². The molecule has 1 saturated heterocycles. The molecule has 1 amide bonds. The summed E-state index contributed by atoms with van der Waals surface area (Å²) in [7, 11) is 0. The van der Waals surface area contributed by atoms with Crippen molar-refractivity contribution in [3.63, 3.8) is 0 Å². The van der Waals surface area contributed by atoms with Crippen molar-refractivity contribution in [1.82, 2.24) is 24.7 Å². The minimum atomic E-state index is -0.373. The minimum Gasteiger partial charge on any atom is -0.360 e. The van der Waals surface area contributed by atoms with Crippen molar-refractivity contribution in [3.05, 3.63) is 21.8 Å². The monoisotopic (exact) mass is 373 g/mol. The van der Waals surface area contributed by atoms with Gasteiger partial charge >= 0.3 is 0 Å². The molecule has 0 bridgehead atoms. The average Bonchev–Trinajstić information content (AvgIpc) is 3.09. The topological polar surface area (TPSA) is 84.5 Å². The van der Waals surface area contributed by atoms with Crippen LogP contribution in [-0.2, 0) is 11.3 Å². The van der Waals surface area contributed by atoms with E-state index in [-0.39, 0.29) is 23.5 Å².